The van der Waals surface area contributed by atoms with Gasteiger partial charge in [0, 0.05) is 38.0 Å². The Labute approximate surface area is 231 Å². The van der Waals surface area contributed by atoms with Crippen molar-refractivity contribution in [2.75, 3.05) is 49.2 Å². The van der Waals surface area contributed by atoms with Gasteiger partial charge in [-0.3, -0.25) is 0 Å². The van der Waals surface area contributed by atoms with Crippen molar-refractivity contribution in [3.05, 3.63) is 0 Å². The fourth-order valence-corrected chi connectivity index (χ4v) is 6.34. The molecular weight excluding hydrogens is 509 g/mol. The smallest absolute Gasteiger partial charge is 0.0817 e. The third-order valence-corrected chi connectivity index (χ3v) is 8.76. The molecule has 0 aromatic rings. The summed E-state index contributed by atoms with van der Waals surface area (Å²) in [7, 11) is 0. The largest absolute Gasteiger partial charge is 0.366 e. The maximum atomic E-state index is 6.18. The Morgan fingerprint density at radius 2 is 0.812 bits per heavy atom. The van der Waals surface area contributed by atoms with Crippen molar-refractivity contribution >= 4 is 84.9 Å². The Morgan fingerprint density at radius 1 is 0.531 bits per heavy atom. The van der Waals surface area contributed by atoms with E-state index in [0.29, 0.717) is 11.8 Å². The first kappa shape index (κ1) is 31.2. The second-order valence-electron chi connectivity index (χ2n) is 8.87. The van der Waals surface area contributed by atoms with Crippen LogP contribution in [0.25, 0.3) is 0 Å². The monoisotopic (exact) mass is 554 g/mol. The zero-order valence-corrected chi connectivity index (χ0v) is 25.0. The van der Waals surface area contributed by atoms with Crippen LogP contribution in [0.15, 0.2) is 0 Å². The van der Waals surface area contributed by atoms with Crippen LogP contribution < -0.4 is 0 Å². The van der Waals surface area contributed by atoms with Crippen LogP contribution in [0.2, 0.25) is 0 Å². The minimum Gasteiger partial charge on any atom is -0.366 e. The predicted octanol–water partition coefficient (Wildman–Crippen LogP) is 6.89. The summed E-state index contributed by atoms with van der Waals surface area (Å²) in [4.78, 5) is 7.34. The SMILES string of the molecule is S=C(C1CCCCC1C(=S)N(CCCCS)CCCCS)N(CCCCS)CCCCS. The van der Waals surface area contributed by atoms with Crippen molar-refractivity contribution in [1.29, 1.82) is 0 Å². The molecule has 188 valence electrons. The lowest BCUT2D eigenvalue weighted by Gasteiger charge is -2.40. The minimum absolute atomic E-state index is 0.413. The summed E-state index contributed by atoms with van der Waals surface area (Å²) in [6.45, 7) is 4.20. The highest BCUT2D eigenvalue weighted by molar-refractivity contribution is 7.81. The number of thiol groups is 4. The minimum atomic E-state index is 0.413. The second-order valence-corrected chi connectivity index (χ2v) is 11.5. The van der Waals surface area contributed by atoms with E-state index in [2.05, 4.69) is 60.3 Å². The molecule has 0 bridgehead atoms. The zero-order valence-electron chi connectivity index (χ0n) is 19.8. The normalized spacial score (nSPS) is 18.5. The van der Waals surface area contributed by atoms with Crippen molar-refractivity contribution in [2.45, 2.75) is 77.0 Å². The average molecular weight is 555 g/mol. The molecule has 2 atom stereocenters. The Balaban J connectivity index is 2.90. The van der Waals surface area contributed by atoms with E-state index >= 15 is 0 Å². The first-order valence-electron chi connectivity index (χ1n) is 12.6. The number of hydrogen-bond acceptors (Lipinski definition) is 6. The molecule has 32 heavy (non-hydrogen) atoms. The van der Waals surface area contributed by atoms with Gasteiger partial charge in [-0.05, 0) is 87.2 Å². The molecule has 1 aliphatic carbocycles. The van der Waals surface area contributed by atoms with Gasteiger partial charge in [0.15, 0.2) is 0 Å². The standard InChI is InChI=1S/C24H46N2S6/c27-17-7-3-13-25(14-4-8-18-28)23(31)21-11-1-2-12-22(21)24(32)26(15-5-9-19-29)16-6-10-20-30/h21-22,27-30H,1-20H2. The van der Waals surface area contributed by atoms with Crippen LogP contribution in [-0.2, 0) is 0 Å². The van der Waals surface area contributed by atoms with E-state index in [0.717, 1.165) is 101 Å². The lowest BCUT2D eigenvalue weighted by Crippen LogP contribution is -2.46. The molecule has 0 saturated heterocycles. The van der Waals surface area contributed by atoms with Gasteiger partial charge >= 0.3 is 0 Å². The summed E-state index contributed by atoms with van der Waals surface area (Å²) in [6, 6.07) is 0. The molecule has 8 heteroatoms. The topological polar surface area (TPSA) is 6.48 Å². The van der Waals surface area contributed by atoms with E-state index in [9.17, 15) is 0 Å². The average Bonchev–Trinajstić information content (AvgIpc) is 2.81. The van der Waals surface area contributed by atoms with Crippen LogP contribution in [-0.4, -0.2) is 69.0 Å². The predicted molar refractivity (Wildman–Crippen MR) is 166 cm³/mol. The summed E-state index contributed by atoms with van der Waals surface area (Å²) in [5.74, 6) is 4.61. The Hall–Kier alpha value is 1.18. The molecule has 0 spiro atoms. The molecule has 0 radical (unpaired) electrons. The van der Waals surface area contributed by atoms with Crippen LogP contribution in [0.5, 0.6) is 0 Å². The fraction of sp³-hybridized carbons (Fsp3) is 0.917. The van der Waals surface area contributed by atoms with Crippen molar-refractivity contribution in [2.24, 2.45) is 11.8 Å². The highest BCUT2D eigenvalue weighted by Gasteiger charge is 2.35. The molecule has 0 aliphatic heterocycles. The molecule has 0 amide bonds. The van der Waals surface area contributed by atoms with Gasteiger partial charge < -0.3 is 9.80 Å². The molecule has 0 aromatic carbocycles. The van der Waals surface area contributed by atoms with E-state index in [1.54, 1.807) is 0 Å². The molecule has 0 aromatic heterocycles. The summed E-state index contributed by atoms with van der Waals surface area (Å²) >= 11 is 30.0. The van der Waals surface area contributed by atoms with E-state index in [4.69, 9.17) is 24.4 Å². The Kier molecular flexibility index (Phi) is 19.9. The maximum Gasteiger partial charge on any atom is 0.0817 e. The first-order valence-corrected chi connectivity index (χ1v) is 16.0. The number of unbranched alkanes of at least 4 members (excludes halogenated alkanes) is 4. The molecule has 0 N–H and O–H groups in total. The Bertz CT molecular complexity index is 441. The van der Waals surface area contributed by atoms with Crippen molar-refractivity contribution < 1.29 is 0 Å². The number of nitrogens with zero attached hydrogens (tertiary/aromatic N) is 2. The summed E-state index contributed by atoms with van der Waals surface area (Å²) < 4.78 is 0. The molecule has 1 fully saturated rings. The molecule has 0 heterocycles. The van der Waals surface area contributed by atoms with E-state index in [1.807, 2.05) is 0 Å². The van der Waals surface area contributed by atoms with Crippen LogP contribution in [0, 0.1) is 11.8 Å². The second kappa shape index (κ2) is 20.4. The summed E-state index contributed by atoms with van der Waals surface area (Å²) in [5.41, 5.74) is 0. The summed E-state index contributed by atoms with van der Waals surface area (Å²) in [5, 5.41) is 0. The van der Waals surface area contributed by atoms with Gasteiger partial charge in [0.25, 0.3) is 0 Å². The highest BCUT2D eigenvalue weighted by atomic mass is 32.1. The summed E-state index contributed by atoms with van der Waals surface area (Å²) in [6.07, 6.45) is 14.1. The van der Waals surface area contributed by atoms with Gasteiger partial charge in [0.1, 0.15) is 0 Å². The van der Waals surface area contributed by atoms with Crippen LogP contribution in [0.3, 0.4) is 0 Å². The van der Waals surface area contributed by atoms with Crippen molar-refractivity contribution in [3.63, 3.8) is 0 Å². The molecule has 2 nitrogen and oxygen atoms in total. The number of thiocarbonyl (C=S) groups is 2. The molecule has 1 aliphatic rings. The number of rotatable bonds is 18. The van der Waals surface area contributed by atoms with Gasteiger partial charge in [0.05, 0.1) is 9.98 Å². The van der Waals surface area contributed by atoms with Crippen LogP contribution >= 0.6 is 75.0 Å². The van der Waals surface area contributed by atoms with Gasteiger partial charge in [-0.25, -0.2) is 0 Å². The van der Waals surface area contributed by atoms with Crippen LogP contribution in [0.4, 0.5) is 0 Å². The zero-order chi connectivity index (χ0) is 23.6. The fourth-order valence-electron chi connectivity index (χ4n) is 4.51. The van der Waals surface area contributed by atoms with E-state index in [1.165, 1.54) is 35.7 Å². The highest BCUT2D eigenvalue weighted by Crippen LogP contribution is 2.35. The van der Waals surface area contributed by atoms with E-state index in [-0.39, 0.29) is 0 Å². The van der Waals surface area contributed by atoms with Gasteiger partial charge in [-0.2, -0.15) is 50.5 Å². The van der Waals surface area contributed by atoms with Gasteiger partial charge in [-0.15, -0.1) is 0 Å². The Morgan fingerprint density at radius 3 is 1.06 bits per heavy atom. The van der Waals surface area contributed by atoms with Crippen molar-refractivity contribution in [3.8, 4) is 0 Å². The lowest BCUT2D eigenvalue weighted by molar-refractivity contribution is 0.299. The van der Waals surface area contributed by atoms with Crippen molar-refractivity contribution in [1.82, 2.24) is 9.80 Å². The molecule has 1 rings (SSSR count). The molecule has 1 saturated carbocycles. The molecular formula is C24H46N2S6. The lowest BCUT2D eigenvalue weighted by atomic mass is 9.78. The first-order chi connectivity index (χ1) is 15.6. The van der Waals surface area contributed by atoms with Gasteiger partial charge in [0.2, 0.25) is 0 Å². The third-order valence-electron chi connectivity index (χ3n) is 6.37. The van der Waals surface area contributed by atoms with Gasteiger partial charge in [-0.1, -0.05) is 37.3 Å². The molecule has 2 unspecified atom stereocenters. The third kappa shape index (κ3) is 12.2. The number of hydrogen-bond donors (Lipinski definition) is 4. The van der Waals surface area contributed by atoms with E-state index < -0.39 is 0 Å². The maximum absolute atomic E-state index is 6.18. The van der Waals surface area contributed by atoms with Crippen LogP contribution in [0.1, 0.15) is 77.0 Å². The quantitative estimate of drug-likeness (QED) is 0.0832.